The molecule has 1 amide bonds. The number of ether oxygens (including phenoxy) is 2. The lowest BCUT2D eigenvalue weighted by atomic mass is 10.2. The van der Waals surface area contributed by atoms with Crippen LogP contribution >= 0.6 is 0 Å². The van der Waals surface area contributed by atoms with Crippen LogP contribution in [0.4, 0.5) is 0 Å². The molecule has 0 aliphatic carbocycles. The van der Waals surface area contributed by atoms with E-state index in [9.17, 15) is 14.4 Å². The van der Waals surface area contributed by atoms with Crippen LogP contribution in [0.15, 0.2) is 39.2 Å². The number of hydrazone groups is 1. The fraction of sp³-hybridized carbons (Fsp3) is 0.278. The lowest BCUT2D eigenvalue weighted by Gasteiger charge is -2.06. The number of aromatic nitrogens is 4. The van der Waals surface area contributed by atoms with Gasteiger partial charge in [0.15, 0.2) is 11.2 Å². The summed E-state index contributed by atoms with van der Waals surface area (Å²) in [6.07, 6.45) is 2.78. The number of imidazole rings is 1. The van der Waals surface area contributed by atoms with Gasteiger partial charge in [0.05, 0.1) is 26.8 Å². The normalized spacial score (nSPS) is 11.2. The summed E-state index contributed by atoms with van der Waals surface area (Å²) in [5.74, 6) is 0.707. The highest BCUT2D eigenvalue weighted by molar-refractivity contribution is 5.84. The molecule has 0 saturated heterocycles. The zero-order valence-electron chi connectivity index (χ0n) is 16.4. The van der Waals surface area contributed by atoms with Crippen LogP contribution in [0.3, 0.4) is 0 Å². The molecule has 0 spiro atoms. The van der Waals surface area contributed by atoms with Crippen LogP contribution in [0.2, 0.25) is 0 Å². The van der Waals surface area contributed by atoms with Crippen molar-refractivity contribution in [1.82, 2.24) is 24.1 Å². The highest BCUT2D eigenvalue weighted by Gasteiger charge is 2.15. The summed E-state index contributed by atoms with van der Waals surface area (Å²) in [7, 11) is 5.95. The van der Waals surface area contributed by atoms with Crippen molar-refractivity contribution in [2.24, 2.45) is 19.2 Å². The SMILES string of the molecule is COc1cc(C=NNC(=O)Cn2cnc3c2c(=O)n(C)c(=O)n3C)cc(OC)c1. The second-order valence-corrected chi connectivity index (χ2v) is 6.19. The molecule has 3 rings (SSSR count). The maximum Gasteiger partial charge on any atom is 0.332 e. The molecule has 1 N–H and O–H groups in total. The van der Waals surface area contributed by atoms with E-state index in [0.717, 1.165) is 4.57 Å². The molecule has 11 nitrogen and oxygen atoms in total. The molecule has 0 unspecified atom stereocenters. The Hall–Kier alpha value is -3.89. The number of rotatable bonds is 6. The van der Waals surface area contributed by atoms with Crippen molar-refractivity contribution in [2.75, 3.05) is 14.2 Å². The average Bonchev–Trinajstić information content (AvgIpc) is 3.13. The number of aryl methyl sites for hydroxylation is 1. The van der Waals surface area contributed by atoms with Gasteiger partial charge in [-0.15, -0.1) is 0 Å². The molecule has 152 valence electrons. The van der Waals surface area contributed by atoms with Crippen molar-refractivity contribution >= 4 is 23.3 Å². The monoisotopic (exact) mass is 400 g/mol. The third-order valence-electron chi connectivity index (χ3n) is 4.31. The second-order valence-electron chi connectivity index (χ2n) is 6.19. The minimum absolute atomic E-state index is 0.159. The Labute approximate surface area is 164 Å². The largest absolute Gasteiger partial charge is 0.497 e. The fourth-order valence-corrected chi connectivity index (χ4v) is 2.79. The molecule has 3 aromatic rings. The first-order valence-electron chi connectivity index (χ1n) is 8.51. The van der Waals surface area contributed by atoms with E-state index < -0.39 is 17.2 Å². The summed E-state index contributed by atoms with van der Waals surface area (Å²) in [6.45, 7) is -0.192. The highest BCUT2D eigenvalue weighted by atomic mass is 16.5. The molecular weight excluding hydrogens is 380 g/mol. The average molecular weight is 400 g/mol. The number of carbonyl (C=O) groups excluding carboxylic acids is 1. The maximum absolute atomic E-state index is 12.4. The van der Waals surface area contributed by atoms with Crippen molar-refractivity contribution in [3.05, 3.63) is 50.9 Å². The molecule has 2 heterocycles. The smallest absolute Gasteiger partial charge is 0.332 e. The van der Waals surface area contributed by atoms with Gasteiger partial charge >= 0.3 is 5.69 Å². The molecule has 0 saturated carbocycles. The Bertz CT molecular complexity index is 1200. The Balaban J connectivity index is 1.78. The molecule has 0 atom stereocenters. The van der Waals surface area contributed by atoms with Gasteiger partial charge in [0.25, 0.3) is 11.5 Å². The summed E-state index contributed by atoms with van der Waals surface area (Å²) in [5.41, 5.74) is 2.40. The second kappa shape index (κ2) is 8.00. The first-order chi connectivity index (χ1) is 13.8. The molecule has 0 radical (unpaired) electrons. The van der Waals surface area contributed by atoms with Gasteiger partial charge in [-0.2, -0.15) is 5.10 Å². The molecule has 11 heteroatoms. The summed E-state index contributed by atoms with van der Waals surface area (Å²) in [6, 6.07) is 5.17. The van der Waals surface area contributed by atoms with Gasteiger partial charge in [0.1, 0.15) is 18.0 Å². The highest BCUT2D eigenvalue weighted by Crippen LogP contribution is 2.21. The molecule has 29 heavy (non-hydrogen) atoms. The lowest BCUT2D eigenvalue weighted by Crippen LogP contribution is -2.38. The quantitative estimate of drug-likeness (QED) is 0.444. The van der Waals surface area contributed by atoms with Crippen molar-refractivity contribution < 1.29 is 14.3 Å². The molecular formula is C18H20N6O5. The maximum atomic E-state index is 12.4. The number of amides is 1. The minimum atomic E-state index is -0.527. The topological polar surface area (TPSA) is 122 Å². The van der Waals surface area contributed by atoms with Gasteiger partial charge in [0, 0.05) is 25.7 Å². The Morgan fingerprint density at radius 2 is 1.79 bits per heavy atom. The van der Waals surface area contributed by atoms with Crippen molar-refractivity contribution in [2.45, 2.75) is 6.54 Å². The van der Waals surface area contributed by atoms with E-state index in [4.69, 9.17) is 9.47 Å². The molecule has 0 bridgehead atoms. The van der Waals surface area contributed by atoms with Crippen LogP contribution in [0.5, 0.6) is 11.5 Å². The Morgan fingerprint density at radius 1 is 1.14 bits per heavy atom. The zero-order valence-corrected chi connectivity index (χ0v) is 16.4. The molecule has 0 aliphatic rings. The third kappa shape index (κ3) is 3.88. The van der Waals surface area contributed by atoms with Gasteiger partial charge in [-0.1, -0.05) is 0 Å². The minimum Gasteiger partial charge on any atom is -0.497 e. The predicted molar refractivity (Wildman–Crippen MR) is 105 cm³/mol. The third-order valence-corrected chi connectivity index (χ3v) is 4.31. The van der Waals surface area contributed by atoms with Crippen LogP contribution < -0.4 is 26.1 Å². The first kappa shape index (κ1) is 19.9. The number of methoxy groups -OCH3 is 2. The molecule has 0 aliphatic heterocycles. The van der Waals surface area contributed by atoms with E-state index in [2.05, 4.69) is 15.5 Å². The zero-order chi connectivity index (χ0) is 21.1. The lowest BCUT2D eigenvalue weighted by molar-refractivity contribution is -0.121. The van der Waals surface area contributed by atoms with Crippen LogP contribution in [0.1, 0.15) is 5.56 Å². The van der Waals surface area contributed by atoms with Gasteiger partial charge in [-0.05, 0) is 12.1 Å². The summed E-state index contributed by atoms with van der Waals surface area (Å²) < 4.78 is 13.9. The number of carbonyl (C=O) groups is 1. The number of nitrogens with zero attached hydrogens (tertiary/aromatic N) is 5. The van der Waals surface area contributed by atoms with Crippen LogP contribution in [-0.2, 0) is 25.4 Å². The Kier molecular flexibility index (Phi) is 5.48. The van der Waals surface area contributed by atoms with Gasteiger partial charge in [-0.25, -0.2) is 15.2 Å². The summed E-state index contributed by atoms with van der Waals surface area (Å²) >= 11 is 0. The number of fused-ring (bicyclic) bond motifs is 1. The van der Waals surface area contributed by atoms with E-state index in [1.54, 1.807) is 18.2 Å². The van der Waals surface area contributed by atoms with Gasteiger partial charge in [-0.3, -0.25) is 18.7 Å². The number of hydrogen-bond acceptors (Lipinski definition) is 7. The standard InChI is InChI=1S/C18H20N6O5/c1-22-16-15(17(26)23(2)18(22)27)24(10-19-16)9-14(25)21-20-8-11-5-12(28-3)7-13(6-11)29-4/h5-8,10H,9H2,1-4H3,(H,21,25). The summed E-state index contributed by atoms with van der Waals surface area (Å²) in [4.78, 5) is 40.7. The van der Waals surface area contributed by atoms with Crippen LogP contribution in [-0.4, -0.2) is 45.0 Å². The van der Waals surface area contributed by atoms with E-state index in [-0.39, 0.29) is 17.7 Å². The van der Waals surface area contributed by atoms with Crippen molar-refractivity contribution in [3.8, 4) is 11.5 Å². The molecule has 2 aromatic heterocycles. The van der Waals surface area contributed by atoms with Crippen LogP contribution in [0, 0.1) is 0 Å². The van der Waals surface area contributed by atoms with E-state index >= 15 is 0 Å². The predicted octanol–water partition coefficient (Wildman–Crippen LogP) is -0.399. The van der Waals surface area contributed by atoms with Crippen molar-refractivity contribution in [3.63, 3.8) is 0 Å². The number of hydrogen-bond donors (Lipinski definition) is 1. The van der Waals surface area contributed by atoms with E-state index in [1.807, 2.05) is 0 Å². The number of benzene rings is 1. The van der Waals surface area contributed by atoms with E-state index in [1.165, 1.54) is 50.0 Å². The number of nitrogens with one attached hydrogen (secondary N) is 1. The summed E-state index contributed by atoms with van der Waals surface area (Å²) in [5, 5.41) is 3.92. The van der Waals surface area contributed by atoms with Gasteiger partial charge in [0.2, 0.25) is 0 Å². The van der Waals surface area contributed by atoms with E-state index in [0.29, 0.717) is 17.1 Å². The first-order valence-corrected chi connectivity index (χ1v) is 8.51. The van der Waals surface area contributed by atoms with Gasteiger partial charge < -0.3 is 14.0 Å². The van der Waals surface area contributed by atoms with Crippen LogP contribution in [0.25, 0.3) is 11.2 Å². The fourth-order valence-electron chi connectivity index (χ4n) is 2.79. The van der Waals surface area contributed by atoms with Crippen molar-refractivity contribution in [1.29, 1.82) is 0 Å². The molecule has 1 aromatic carbocycles. The molecule has 0 fully saturated rings. The Morgan fingerprint density at radius 3 is 2.41 bits per heavy atom.